The highest BCUT2D eigenvalue weighted by molar-refractivity contribution is 7.92. The van der Waals surface area contributed by atoms with E-state index in [4.69, 9.17) is 4.74 Å². The number of phenolic OH excluding ortho intramolecular Hbond substituents is 1. The number of aromatic hydroxyl groups is 1. The van der Waals surface area contributed by atoms with E-state index in [2.05, 4.69) is 10.5 Å². The molecule has 0 unspecified atom stereocenters. The second-order valence-corrected chi connectivity index (χ2v) is 7.20. The number of carbonyl (C=O) groups is 1. The molecule has 2 rings (SSSR count). The first-order valence-corrected chi connectivity index (χ1v) is 9.38. The van der Waals surface area contributed by atoms with Gasteiger partial charge < -0.3 is 9.84 Å². The Morgan fingerprint density at radius 3 is 2.54 bits per heavy atom. The van der Waals surface area contributed by atoms with Crippen LogP contribution in [0.4, 0.5) is 5.69 Å². The van der Waals surface area contributed by atoms with Gasteiger partial charge in [-0.3, -0.25) is 9.10 Å². The molecule has 8 nitrogen and oxygen atoms in total. The monoisotopic (exact) mass is 377 g/mol. The van der Waals surface area contributed by atoms with E-state index in [0.29, 0.717) is 11.3 Å². The van der Waals surface area contributed by atoms with Crippen LogP contribution in [0.1, 0.15) is 5.56 Å². The lowest BCUT2D eigenvalue weighted by Crippen LogP contribution is -2.38. The van der Waals surface area contributed by atoms with Gasteiger partial charge in [-0.1, -0.05) is 24.3 Å². The lowest BCUT2D eigenvalue weighted by Gasteiger charge is -2.21. The third-order valence-electron chi connectivity index (χ3n) is 3.37. The molecule has 0 aliphatic heterocycles. The normalized spacial score (nSPS) is 11.3. The summed E-state index contributed by atoms with van der Waals surface area (Å²) in [5.41, 5.74) is 2.96. The van der Waals surface area contributed by atoms with Gasteiger partial charge in [0.1, 0.15) is 6.54 Å². The van der Waals surface area contributed by atoms with E-state index in [1.54, 1.807) is 48.5 Å². The second-order valence-electron chi connectivity index (χ2n) is 5.30. The summed E-state index contributed by atoms with van der Waals surface area (Å²) in [4.78, 5) is 12.1. The fourth-order valence-corrected chi connectivity index (χ4v) is 3.00. The number of amides is 1. The predicted octanol–water partition coefficient (Wildman–Crippen LogP) is 1.32. The largest absolute Gasteiger partial charge is 0.504 e. The average molecular weight is 377 g/mol. The van der Waals surface area contributed by atoms with E-state index in [9.17, 15) is 18.3 Å². The van der Waals surface area contributed by atoms with Gasteiger partial charge in [0.15, 0.2) is 11.5 Å². The molecule has 2 aromatic carbocycles. The average Bonchev–Trinajstić information content (AvgIpc) is 2.61. The Morgan fingerprint density at radius 1 is 1.23 bits per heavy atom. The molecule has 0 fully saturated rings. The first-order chi connectivity index (χ1) is 12.3. The number of phenols is 1. The molecular weight excluding hydrogens is 358 g/mol. The van der Waals surface area contributed by atoms with Crippen molar-refractivity contribution in [3.63, 3.8) is 0 Å². The van der Waals surface area contributed by atoms with Gasteiger partial charge in [0.2, 0.25) is 10.0 Å². The molecule has 9 heteroatoms. The number of para-hydroxylation sites is 2. The minimum Gasteiger partial charge on any atom is -0.504 e. The Kier molecular flexibility index (Phi) is 6.18. The van der Waals surface area contributed by atoms with E-state index in [1.807, 2.05) is 0 Å². The van der Waals surface area contributed by atoms with Crippen LogP contribution in [0.15, 0.2) is 53.6 Å². The predicted molar refractivity (Wildman–Crippen MR) is 99.0 cm³/mol. The van der Waals surface area contributed by atoms with Crippen LogP contribution < -0.4 is 14.5 Å². The SMILES string of the molecule is COc1cccc(/C=N\NC(=O)CN(c2ccccc2)S(C)(=O)=O)c1O. The van der Waals surface area contributed by atoms with Gasteiger partial charge in [0.05, 0.1) is 25.3 Å². The summed E-state index contributed by atoms with van der Waals surface area (Å²) in [6, 6.07) is 13.1. The highest BCUT2D eigenvalue weighted by Crippen LogP contribution is 2.27. The highest BCUT2D eigenvalue weighted by atomic mass is 32.2. The van der Waals surface area contributed by atoms with Crippen LogP contribution in [0.5, 0.6) is 11.5 Å². The van der Waals surface area contributed by atoms with Crippen LogP contribution in [0.3, 0.4) is 0 Å². The summed E-state index contributed by atoms with van der Waals surface area (Å²) in [6.45, 7) is -0.426. The number of carbonyl (C=O) groups excluding carboxylic acids is 1. The molecule has 0 heterocycles. The van der Waals surface area contributed by atoms with Crippen LogP contribution in [-0.4, -0.2) is 45.6 Å². The number of rotatable bonds is 7. The highest BCUT2D eigenvalue weighted by Gasteiger charge is 2.20. The van der Waals surface area contributed by atoms with Crippen molar-refractivity contribution in [2.45, 2.75) is 0 Å². The van der Waals surface area contributed by atoms with Gasteiger partial charge >= 0.3 is 0 Å². The zero-order valence-corrected chi connectivity index (χ0v) is 15.1. The summed E-state index contributed by atoms with van der Waals surface area (Å²) >= 11 is 0. The summed E-state index contributed by atoms with van der Waals surface area (Å²) in [7, 11) is -2.22. The van der Waals surface area contributed by atoms with Crippen LogP contribution in [0.25, 0.3) is 0 Å². The van der Waals surface area contributed by atoms with Crippen molar-refractivity contribution in [3.05, 3.63) is 54.1 Å². The molecule has 0 saturated carbocycles. The third-order valence-corrected chi connectivity index (χ3v) is 4.52. The van der Waals surface area contributed by atoms with Crippen LogP contribution in [0, 0.1) is 0 Å². The fourth-order valence-electron chi connectivity index (χ4n) is 2.14. The molecule has 0 spiro atoms. The maximum Gasteiger partial charge on any atom is 0.260 e. The Hall–Kier alpha value is -3.07. The fraction of sp³-hybridized carbons (Fsp3) is 0.176. The molecule has 0 atom stereocenters. The molecule has 0 bridgehead atoms. The minimum absolute atomic E-state index is 0.116. The lowest BCUT2D eigenvalue weighted by atomic mass is 10.2. The maximum absolute atomic E-state index is 12.1. The van der Waals surface area contributed by atoms with E-state index >= 15 is 0 Å². The van der Waals surface area contributed by atoms with Crippen molar-refractivity contribution in [3.8, 4) is 11.5 Å². The number of hydrogen-bond donors (Lipinski definition) is 2. The third kappa shape index (κ3) is 4.96. The van der Waals surface area contributed by atoms with E-state index < -0.39 is 22.5 Å². The van der Waals surface area contributed by atoms with Crippen molar-refractivity contribution in [2.24, 2.45) is 5.10 Å². The summed E-state index contributed by atoms with van der Waals surface area (Å²) in [5.74, 6) is -0.472. The molecule has 1 amide bonds. The molecule has 2 aromatic rings. The number of hydrazone groups is 1. The van der Waals surface area contributed by atoms with Gasteiger partial charge in [-0.25, -0.2) is 13.8 Å². The molecule has 138 valence electrons. The standard InChI is InChI=1S/C17H19N3O5S/c1-25-15-10-6-7-13(17(15)22)11-18-19-16(21)12-20(26(2,23)24)14-8-4-3-5-9-14/h3-11,22H,12H2,1-2H3,(H,19,21)/b18-11-. The number of hydrogen-bond acceptors (Lipinski definition) is 6. The molecule has 0 aromatic heterocycles. The Bertz CT molecular complexity index is 898. The summed E-state index contributed by atoms with van der Waals surface area (Å²) < 4.78 is 29.8. The zero-order chi connectivity index (χ0) is 19.2. The van der Waals surface area contributed by atoms with E-state index in [0.717, 1.165) is 10.6 Å². The molecule has 0 radical (unpaired) electrons. The van der Waals surface area contributed by atoms with Gasteiger partial charge in [0.25, 0.3) is 5.91 Å². The van der Waals surface area contributed by atoms with Gasteiger partial charge in [0, 0.05) is 5.56 Å². The lowest BCUT2D eigenvalue weighted by molar-refractivity contribution is -0.119. The Balaban J connectivity index is 2.08. The number of ether oxygens (including phenoxy) is 1. The minimum atomic E-state index is -3.64. The second kappa shape index (κ2) is 8.34. The van der Waals surface area contributed by atoms with Crippen molar-refractivity contribution in [2.75, 3.05) is 24.2 Å². The maximum atomic E-state index is 12.1. The van der Waals surface area contributed by atoms with Gasteiger partial charge in [-0.2, -0.15) is 5.10 Å². The molecule has 2 N–H and O–H groups in total. The van der Waals surface area contributed by atoms with Crippen LogP contribution in [0.2, 0.25) is 0 Å². The molecule has 0 saturated heterocycles. The smallest absolute Gasteiger partial charge is 0.260 e. The molecule has 0 aliphatic carbocycles. The van der Waals surface area contributed by atoms with E-state index in [-0.39, 0.29) is 11.5 Å². The first-order valence-electron chi connectivity index (χ1n) is 7.53. The number of sulfonamides is 1. The Morgan fingerprint density at radius 2 is 1.92 bits per heavy atom. The zero-order valence-electron chi connectivity index (χ0n) is 14.3. The van der Waals surface area contributed by atoms with Crippen LogP contribution >= 0.6 is 0 Å². The molecule has 0 aliphatic rings. The summed E-state index contributed by atoms with van der Waals surface area (Å²) in [6.07, 6.45) is 2.26. The number of anilines is 1. The van der Waals surface area contributed by atoms with Crippen molar-refractivity contribution in [1.29, 1.82) is 0 Å². The van der Waals surface area contributed by atoms with Gasteiger partial charge in [-0.15, -0.1) is 0 Å². The molecular formula is C17H19N3O5S. The summed E-state index contributed by atoms with van der Waals surface area (Å²) in [5, 5.41) is 13.7. The number of benzene rings is 2. The topological polar surface area (TPSA) is 108 Å². The van der Waals surface area contributed by atoms with Crippen molar-refractivity contribution < 1.29 is 23.1 Å². The van der Waals surface area contributed by atoms with Crippen LogP contribution in [-0.2, 0) is 14.8 Å². The quantitative estimate of drug-likeness (QED) is 0.559. The molecule has 26 heavy (non-hydrogen) atoms. The van der Waals surface area contributed by atoms with Crippen molar-refractivity contribution in [1.82, 2.24) is 5.43 Å². The van der Waals surface area contributed by atoms with Gasteiger partial charge in [-0.05, 0) is 24.3 Å². The number of methoxy groups -OCH3 is 1. The first kappa shape index (κ1) is 19.3. The Labute approximate surface area is 151 Å². The number of nitrogens with one attached hydrogen (secondary N) is 1. The van der Waals surface area contributed by atoms with E-state index in [1.165, 1.54) is 13.3 Å². The number of nitrogens with zero attached hydrogens (tertiary/aromatic N) is 2. The van der Waals surface area contributed by atoms with Crippen molar-refractivity contribution >= 4 is 27.8 Å².